The summed E-state index contributed by atoms with van der Waals surface area (Å²) in [5.74, 6) is -0.0168. The van der Waals surface area contributed by atoms with E-state index in [0.29, 0.717) is 11.2 Å². The van der Waals surface area contributed by atoms with Crippen molar-refractivity contribution in [1.82, 2.24) is 24.5 Å². The lowest BCUT2D eigenvalue weighted by atomic mass is 9.95. The highest BCUT2D eigenvalue weighted by molar-refractivity contribution is 6.00. The Labute approximate surface area is 181 Å². The molecule has 3 heterocycles. The van der Waals surface area contributed by atoms with Gasteiger partial charge >= 0.3 is 0 Å². The molecule has 1 fully saturated rings. The van der Waals surface area contributed by atoms with Gasteiger partial charge in [-0.25, -0.2) is 4.98 Å². The van der Waals surface area contributed by atoms with Crippen molar-refractivity contribution in [3.8, 4) is 11.1 Å². The number of rotatable bonds is 5. The third-order valence-electron chi connectivity index (χ3n) is 6.13. The normalized spacial score (nSPS) is 14.7. The summed E-state index contributed by atoms with van der Waals surface area (Å²) in [5, 5.41) is 7.48. The van der Waals surface area contributed by atoms with Gasteiger partial charge in [0.1, 0.15) is 5.65 Å². The van der Waals surface area contributed by atoms with E-state index in [4.69, 9.17) is 0 Å². The zero-order valence-electron chi connectivity index (χ0n) is 17.8. The molecule has 1 aliphatic carbocycles. The zero-order valence-corrected chi connectivity index (χ0v) is 17.8. The van der Waals surface area contributed by atoms with Crippen molar-refractivity contribution in [2.75, 3.05) is 0 Å². The molecule has 0 unspecified atom stereocenters. The first-order valence-electron chi connectivity index (χ1n) is 11.0. The SMILES string of the molecule is Cn1cc(-c2ccc(Cc3cc(C(=O)NC4CCCCC4)c4nccn4c3)cc2)cn1. The van der Waals surface area contributed by atoms with Crippen molar-refractivity contribution in [3.05, 3.63) is 78.0 Å². The highest BCUT2D eigenvalue weighted by atomic mass is 16.1. The highest BCUT2D eigenvalue weighted by Crippen LogP contribution is 2.22. The first kappa shape index (κ1) is 19.5. The van der Waals surface area contributed by atoms with E-state index in [9.17, 15) is 4.79 Å². The van der Waals surface area contributed by atoms with Crippen LogP contribution in [0.25, 0.3) is 16.8 Å². The Hall–Kier alpha value is -3.41. The smallest absolute Gasteiger partial charge is 0.255 e. The second kappa shape index (κ2) is 8.38. The molecule has 158 valence electrons. The number of hydrogen-bond donors (Lipinski definition) is 1. The summed E-state index contributed by atoms with van der Waals surface area (Å²) in [6.07, 6.45) is 16.2. The fourth-order valence-electron chi connectivity index (χ4n) is 4.49. The van der Waals surface area contributed by atoms with Crippen LogP contribution in [-0.4, -0.2) is 31.1 Å². The second-order valence-electron chi connectivity index (χ2n) is 8.50. The maximum absolute atomic E-state index is 13.1. The van der Waals surface area contributed by atoms with Crippen LogP contribution in [0.4, 0.5) is 0 Å². The van der Waals surface area contributed by atoms with Crippen LogP contribution < -0.4 is 5.32 Å². The summed E-state index contributed by atoms with van der Waals surface area (Å²) in [4.78, 5) is 17.5. The minimum absolute atomic E-state index is 0.0168. The topological polar surface area (TPSA) is 64.2 Å². The average molecular weight is 414 g/mol. The van der Waals surface area contributed by atoms with Gasteiger partial charge in [-0.3, -0.25) is 9.48 Å². The molecule has 0 atom stereocenters. The molecule has 1 aliphatic rings. The Kier molecular flexibility index (Phi) is 5.28. The number of hydrogen-bond acceptors (Lipinski definition) is 3. The number of nitrogens with one attached hydrogen (secondary N) is 1. The van der Waals surface area contributed by atoms with Gasteiger partial charge in [-0.05, 0) is 42.0 Å². The van der Waals surface area contributed by atoms with Crippen LogP contribution in [0.3, 0.4) is 0 Å². The molecule has 1 saturated carbocycles. The summed E-state index contributed by atoms with van der Waals surface area (Å²) in [7, 11) is 1.92. The van der Waals surface area contributed by atoms with Crippen LogP contribution in [0.2, 0.25) is 0 Å². The van der Waals surface area contributed by atoms with E-state index in [0.717, 1.165) is 36.0 Å². The Morgan fingerprint density at radius 2 is 1.87 bits per heavy atom. The van der Waals surface area contributed by atoms with Crippen LogP contribution >= 0.6 is 0 Å². The van der Waals surface area contributed by atoms with Crippen LogP contribution in [0.1, 0.15) is 53.6 Å². The molecule has 4 aromatic rings. The van der Waals surface area contributed by atoms with Gasteiger partial charge in [0.2, 0.25) is 0 Å². The third-order valence-corrected chi connectivity index (χ3v) is 6.13. The molecular weight excluding hydrogens is 386 g/mol. The van der Waals surface area contributed by atoms with E-state index in [1.807, 2.05) is 40.8 Å². The molecule has 6 nitrogen and oxygen atoms in total. The number of carbonyl (C=O) groups is 1. The van der Waals surface area contributed by atoms with E-state index in [-0.39, 0.29) is 11.9 Å². The van der Waals surface area contributed by atoms with Crippen LogP contribution in [0.5, 0.6) is 0 Å². The third kappa shape index (κ3) is 4.24. The number of aryl methyl sites for hydroxylation is 1. The Morgan fingerprint density at radius 1 is 1.06 bits per heavy atom. The van der Waals surface area contributed by atoms with Crippen molar-refractivity contribution < 1.29 is 4.79 Å². The van der Waals surface area contributed by atoms with Crippen molar-refractivity contribution in [3.63, 3.8) is 0 Å². The van der Waals surface area contributed by atoms with Gasteiger partial charge in [0.25, 0.3) is 5.91 Å². The van der Waals surface area contributed by atoms with Gasteiger partial charge < -0.3 is 9.72 Å². The second-order valence-corrected chi connectivity index (χ2v) is 8.50. The van der Waals surface area contributed by atoms with Gasteiger partial charge in [-0.1, -0.05) is 43.5 Å². The monoisotopic (exact) mass is 413 g/mol. The number of carbonyl (C=O) groups excluding carboxylic acids is 1. The van der Waals surface area contributed by atoms with Crippen LogP contribution in [0.15, 0.2) is 61.3 Å². The summed E-state index contributed by atoms with van der Waals surface area (Å²) in [5.41, 5.74) is 5.91. The summed E-state index contributed by atoms with van der Waals surface area (Å²) >= 11 is 0. The molecule has 3 aromatic heterocycles. The van der Waals surface area contributed by atoms with E-state index in [1.165, 1.54) is 24.8 Å². The maximum Gasteiger partial charge on any atom is 0.255 e. The number of aromatic nitrogens is 4. The zero-order chi connectivity index (χ0) is 21.2. The summed E-state index contributed by atoms with van der Waals surface area (Å²) < 4.78 is 3.76. The van der Waals surface area contributed by atoms with E-state index in [1.54, 1.807) is 6.20 Å². The van der Waals surface area contributed by atoms with Crippen molar-refractivity contribution in [2.45, 2.75) is 44.6 Å². The molecule has 31 heavy (non-hydrogen) atoms. The van der Waals surface area contributed by atoms with E-state index in [2.05, 4.69) is 45.9 Å². The van der Waals surface area contributed by atoms with Crippen LogP contribution in [-0.2, 0) is 13.5 Å². The Morgan fingerprint density at radius 3 is 2.61 bits per heavy atom. The molecule has 0 bridgehead atoms. The minimum Gasteiger partial charge on any atom is -0.349 e. The van der Waals surface area contributed by atoms with Crippen LogP contribution in [0, 0.1) is 0 Å². The van der Waals surface area contributed by atoms with Crippen molar-refractivity contribution in [1.29, 1.82) is 0 Å². The molecule has 0 radical (unpaired) electrons. The fraction of sp³-hybridized carbons (Fsp3) is 0.320. The lowest BCUT2D eigenvalue weighted by molar-refractivity contribution is 0.0928. The predicted octanol–water partition coefficient (Wildman–Crippen LogP) is 4.39. The molecule has 0 aliphatic heterocycles. The lowest BCUT2D eigenvalue weighted by Crippen LogP contribution is -2.36. The number of imidazole rings is 1. The van der Waals surface area contributed by atoms with Gasteiger partial charge in [0, 0.05) is 43.4 Å². The van der Waals surface area contributed by atoms with Gasteiger partial charge in [-0.2, -0.15) is 5.10 Å². The standard InChI is InChI=1S/C25H27N5O/c1-29-17-21(15-27-29)20-9-7-18(8-10-20)13-19-14-23(24-26-11-12-30(24)16-19)25(31)28-22-5-3-2-4-6-22/h7-12,14-17,22H,2-6,13H2,1H3,(H,28,31). The predicted molar refractivity (Wildman–Crippen MR) is 121 cm³/mol. The van der Waals surface area contributed by atoms with Gasteiger partial charge in [-0.15, -0.1) is 0 Å². The Balaban J connectivity index is 1.38. The number of benzene rings is 1. The number of nitrogens with zero attached hydrogens (tertiary/aromatic N) is 4. The number of fused-ring (bicyclic) bond motifs is 1. The Bertz CT molecular complexity index is 1200. The molecule has 1 N–H and O–H groups in total. The van der Waals surface area contributed by atoms with Crippen molar-refractivity contribution in [2.24, 2.45) is 7.05 Å². The molecule has 5 rings (SSSR count). The quantitative estimate of drug-likeness (QED) is 0.528. The van der Waals surface area contributed by atoms with E-state index < -0.39 is 0 Å². The lowest BCUT2D eigenvalue weighted by Gasteiger charge is -2.23. The summed E-state index contributed by atoms with van der Waals surface area (Å²) in [6.45, 7) is 0. The number of pyridine rings is 1. The molecular formula is C25H27N5O. The maximum atomic E-state index is 13.1. The highest BCUT2D eigenvalue weighted by Gasteiger charge is 2.19. The van der Waals surface area contributed by atoms with Gasteiger partial charge in [0.15, 0.2) is 0 Å². The fourth-order valence-corrected chi connectivity index (χ4v) is 4.49. The molecule has 6 heteroatoms. The van der Waals surface area contributed by atoms with Crippen molar-refractivity contribution >= 4 is 11.6 Å². The first-order chi connectivity index (χ1) is 15.2. The minimum atomic E-state index is -0.0168. The molecule has 0 spiro atoms. The largest absolute Gasteiger partial charge is 0.349 e. The molecule has 1 amide bonds. The molecule has 0 saturated heterocycles. The van der Waals surface area contributed by atoms with E-state index >= 15 is 0 Å². The van der Waals surface area contributed by atoms with Gasteiger partial charge in [0.05, 0.1) is 11.8 Å². The molecule has 1 aromatic carbocycles. The first-order valence-corrected chi connectivity index (χ1v) is 11.0. The average Bonchev–Trinajstić information content (AvgIpc) is 3.43. The summed E-state index contributed by atoms with van der Waals surface area (Å²) in [6, 6.07) is 10.8. The number of amides is 1.